The lowest BCUT2D eigenvalue weighted by molar-refractivity contribution is -0.161. The molecule has 0 radical (unpaired) electrons. The van der Waals surface area contributed by atoms with E-state index in [1.54, 1.807) is 0 Å². The van der Waals surface area contributed by atoms with Gasteiger partial charge in [0.25, 0.3) is 0 Å². The molecule has 0 aromatic rings. The molecule has 5 unspecified atom stereocenters. The highest BCUT2D eigenvalue weighted by molar-refractivity contribution is 7.47. The van der Waals surface area contributed by atoms with Crippen molar-refractivity contribution in [1.82, 2.24) is 0 Å². The van der Waals surface area contributed by atoms with Gasteiger partial charge in [-0.15, -0.1) is 0 Å². The zero-order chi connectivity index (χ0) is 73.2. The van der Waals surface area contributed by atoms with Crippen LogP contribution in [0.2, 0.25) is 0 Å². The van der Waals surface area contributed by atoms with Crippen molar-refractivity contribution >= 4 is 39.5 Å². The van der Waals surface area contributed by atoms with Crippen LogP contribution in [-0.4, -0.2) is 96.7 Å². The van der Waals surface area contributed by atoms with E-state index >= 15 is 0 Å². The number of phosphoric acid groups is 2. The van der Waals surface area contributed by atoms with E-state index in [2.05, 4.69) is 161 Å². The Bertz CT molecular complexity index is 2420. The maximum atomic E-state index is 13.1. The number of unbranched alkanes of at least 4 members (excludes halogenated alkanes) is 23. The molecule has 0 fully saturated rings. The molecule has 0 amide bonds. The molecule has 572 valence electrons. The minimum absolute atomic E-state index is 0.0697. The molecular weight excluding hydrogens is 1310 g/mol. The Kier molecular flexibility index (Phi) is 69.1. The Hall–Kier alpha value is -4.80. The van der Waals surface area contributed by atoms with Crippen LogP contribution >= 0.6 is 15.6 Å². The minimum Gasteiger partial charge on any atom is -0.462 e. The topological polar surface area (TPSA) is 237 Å². The first-order chi connectivity index (χ1) is 48.7. The number of esters is 4. The van der Waals surface area contributed by atoms with Gasteiger partial charge in [0.2, 0.25) is 0 Å². The summed E-state index contributed by atoms with van der Waals surface area (Å²) in [5.41, 5.74) is 0. The van der Waals surface area contributed by atoms with E-state index in [-0.39, 0.29) is 25.7 Å². The zero-order valence-corrected chi connectivity index (χ0v) is 64.1. The van der Waals surface area contributed by atoms with E-state index in [0.717, 1.165) is 218 Å². The highest BCUT2D eigenvalue weighted by atomic mass is 31.2. The van der Waals surface area contributed by atoms with Crippen molar-refractivity contribution in [3.63, 3.8) is 0 Å². The Balaban J connectivity index is 5.39. The minimum atomic E-state index is -4.99. The van der Waals surface area contributed by atoms with Gasteiger partial charge >= 0.3 is 39.5 Å². The molecular formula is C81H136O17P2. The molecule has 0 aliphatic heterocycles. The molecule has 0 saturated heterocycles. The molecule has 0 aromatic carbocycles. The van der Waals surface area contributed by atoms with Gasteiger partial charge in [0.15, 0.2) is 12.2 Å². The predicted octanol–water partition coefficient (Wildman–Crippen LogP) is 22.1. The van der Waals surface area contributed by atoms with Crippen LogP contribution in [0.5, 0.6) is 0 Å². The highest BCUT2D eigenvalue weighted by Crippen LogP contribution is 2.45. The number of phosphoric ester groups is 2. The van der Waals surface area contributed by atoms with Crippen LogP contribution in [0.1, 0.15) is 297 Å². The van der Waals surface area contributed by atoms with Crippen molar-refractivity contribution in [3.8, 4) is 0 Å². The average Bonchev–Trinajstić information content (AvgIpc) is 1.06. The van der Waals surface area contributed by atoms with Crippen molar-refractivity contribution in [1.29, 1.82) is 0 Å². The van der Waals surface area contributed by atoms with Crippen LogP contribution < -0.4 is 0 Å². The third kappa shape index (κ3) is 71.6. The van der Waals surface area contributed by atoms with Gasteiger partial charge in [-0.1, -0.05) is 258 Å². The SMILES string of the molecule is CC/C=C\C/C=C\C/C=C\CCCCCCCCCC(=O)OCC(COP(=O)(O)OCC(O)COP(=O)(O)OCC(COC(=O)CCCCCCC/C=C\C/C=C\C/C=C\CC)OC(=O)CCCCCCC/C=C\C/C=C\CCC)OC(=O)CCCCCCC/C=C\C/C=C\C/C=C\CC. The number of carbonyl (C=O) groups excluding carboxylic acids is 4. The lowest BCUT2D eigenvalue weighted by atomic mass is 10.1. The van der Waals surface area contributed by atoms with Crippen LogP contribution in [0.25, 0.3) is 0 Å². The fraction of sp³-hybridized carbons (Fsp3) is 0.679. The predicted molar refractivity (Wildman–Crippen MR) is 408 cm³/mol. The van der Waals surface area contributed by atoms with Crippen molar-refractivity contribution in [3.05, 3.63) is 134 Å². The second-order valence-corrected chi connectivity index (χ2v) is 28.1. The number of rotatable bonds is 71. The van der Waals surface area contributed by atoms with Gasteiger partial charge in [0.05, 0.1) is 26.4 Å². The first kappa shape index (κ1) is 95.2. The molecule has 100 heavy (non-hydrogen) atoms. The summed E-state index contributed by atoms with van der Waals surface area (Å²) in [7, 11) is -9.97. The van der Waals surface area contributed by atoms with Crippen LogP contribution in [0.3, 0.4) is 0 Å². The number of hydrogen-bond acceptors (Lipinski definition) is 15. The van der Waals surface area contributed by atoms with E-state index in [1.165, 1.54) is 0 Å². The molecule has 17 nitrogen and oxygen atoms in total. The summed E-state index contributed by atoms with van der Waals surface area (Å²) in [6.45, 7) is 4.41. The maximum absolute atomic E-state index is 13.1. The van der Waals surface area contributed by atoms with E-state index in [9.17, 15) is 43.2 Å². The van der Waals surface area contributed by atoms with Gasteiger partial charge in [-0.05, 0) is 148 Å². The first-order valence-electron chi connectivity index (χ1n) is 38.4. The van der Waals surface area contributed by atoms with Gasteiger partial charge < -0.3 is 33.8 Å². The average molecular weight is 1440 g/mol. The third-order valence-corrected chi connectivity index (χ3v) is 17.5. The molecule has 19 heteroatoms. The summed E-state index contributed by atoms with van der Waals surface area (Å²) in [6.07, 6.45) is 80.1. The molecule has 0 saturated carbocycles. The molecule has 0 aliphatic carbocycles. The van der Waals surface area contributed by atoms with Gasteiger partial charge in [-0.3, -0.25) is 37.3 Å². The first-order valence-corrected chi connectivity index (χ1v) is 41.4. The molecule has 0 aromatic heterocycles. The van der Waals surface area contributed by atoms with E-state index in [4.69, 9.17) is 37.0 Å². The smallest absolute Gasteiger partial charge is 0.462 e. The fourth-order valence-electron chi connectivity index (χ4n) is 9.83. The summed E-state index contributed by atoms with van der Waals surface area (Å²) in [5.74, 6) is -2.24. The van der Waals surface area contributed by atoms with E-state index in [1.807, 2.05) is 0 Å². The lowest BCUT2D eigenvalue weighted by Gasteiger charge is -2.21. The number of carbonyl (C=O) groups is 4. The van der Waals surface area contributed by atoms with E-state index < -0.39 is 97.5 Å². The summed E-state index contributed by atoms with van der Waals surface area (Å²) in [6, 6.07) is 0. The van der Waals surface area contributed by atoms with Crippen LogP contribution in [0.4, 0.5) is 0 Å². The van der Waals surface area contributed by atoms with Gasteiger partial charge in [0.1, 0.15) is 19.3 Å². The molecule has 0 rings (SSSR count). The summed E-state index contributed by atoms with van der Waals surface area (Å²) < 4.78 is 68.5. The second kappa shape index (κ2) is 72.5. The summed E-state index contributed by atoms with van der Waals surface area (Å²) in [5, 5.41) is 10.6. The quantitative estimate of drug-likeness (QED) is 0.0169. The van der Waals surface area contributed by atoms with Gasteiger partial charge in [-0.2, -0.15) is 0 Å². The Morgan fingerprint density at radius 3 is 0.800 bits per heavy atom. The van der Waals surface area contributed by atoms with Crippen molar-refractivity contribution < 1.29 is 80.2 Å². The summed E-state index contributed by atoms with van der Waals surface area (Å²) in [4.78, 5) is 72.9. The second-order valence-electron chi connectivity index (χ2n) is 25.1. The number of ether oxygens (including phenoxy) is 4. The van der Waals surface area contributed by atoms with Crippen LogP contribution in [0.15, 0.2) is 134 Å². The molecule has 0 spiro atoms. The summed E-state index contributed by atoms with van der Waals surface area (Å²) >= 11 is 0. The normalized spacial score (nSPS) is 14.7. The van der Waals surface area contributed by atoms with Gasteiger partial charge in [-0.25, -0.2) is 9.13 Å². The Morgan fingerprint density at radius 1 is 0.290 bits per heavy atom. The zero-order valence-electron chi connectivity index (χ0n) is 62.3. The standard InChI is InChI=1S/C81H136O17P2/c1-5-9-13-17-21-25-29-33-36-37-40-43-46-50-54-58-62-66-79(84)92-72-77(98-81(86)68-64-60-56-52-48-44-39-35-31-27-23-19-15-11-7-3)74-96-100(89,90)94-70-75(82)69-93-99(87,88)95-73-76(97-80(85)67-63-59-55-51-47-41-32-28-24-20-16-12-8-4)71-91-78(83)65-61-57-53-49-45-42-38-34-30-26-22-18-14-10-6-2/h9-11,13-16,20-23,25-28,32-36,38-39,75-77,82H,5-8,12,17-19,24,29-31,37,40-74H2,1-4H3,(H,87,88)(H,89,90)/b13-9-,14-10-,15-11-,20-16-,25-21-,26-22-,27-23-,32-28-,36-33-,38-34-,39-35-. The van der Waals surface area contributed by atoms with E-state index in [0.29, 0.717) is 25.7 Å². The van der Waals surface area contributed by atoms with Crippen molar-refractivity contribution in [2.75, 3.05) is 39.6 Å². The van der Waals surface area contributed by atoms with Crippen molar-refractivity contribution in [2.24, 2.45) is 0 Å². The largest absolute Gasteiger partial charge is 0.472 e. The number of aliphatic hydroxyl groups excluding tert-OH is 1. The molecule has 5 atom stereocenters. The lowest BCUT2D eigenvalue weighted by Crippen LogP contribution is -2.30. The molecule has 0 aliphatic rings. The maximum Gasteiger partial charge on any atom is 0.472 e. The highest BCUT2D eigenvalue weighted by Gasteiger charge is 2.30. The fourth-order valence-corrected chi connectivity index (χ4v) is 11.4. The van der Waals surface area contributed by atoms with Crippen LogP contribution in [-0.2, 0) is 65.4 Å². The Labute approximate surface area is 605 Å². The Morgan fingerprint density at radius 2 is 0.520 bits per heavy atom. The molecule has 0 heterocycles. The molecule has 0 bridgehead atoms. The monoisotopic (exact) mass is 1440 g/mol. The number of aliphatic hydroxyl groups is 1. The number of hydrogen-bond donors (Lipinski definition) is 3. The molecule has 3 N–H and O–H groups in total. The van der Waals surface area contributed by atoms with Crippen LogP contribution in [0, 0.1) is 0 Å². The van der Waals surface area contributed by atoms with Gasteiger partial charge in [0, 0.05) is 25.7 Å². The van der Waals surface area contributed by atoms with Crippen molar-refractivity contribution in [2.45, 2.75) is 316 Å². The third-order valence-electron chi connectivity index (χ3n) is 15.6. The number of allylic oxidation sites excluding steroid dienone is 22.